The molecule has 1 aromatic carbocycles. The normalized spacial score (nSPS) is 17.7. The third kappa shape index (κ3) is 3.48. The summed E-state index contributed by atoms with van der Waals surface area (Å²) < 4.78 is 5.31. The molecule has 0 bridgehead atoms. The summed E-state index contributed by atoms with van der Waals surface area (Å²) in [6.07, 6.45) is 3.05. The van der Waals surface area contributed by atoms with Crippen molar-refractivity contribution in [2.24, 2.45) is 0 Å². The zero-order valence-electron chi connectivity index (χ0n) is 12.3. The van der Waals surface area contributed by atoms with Crippen molar-refractivity contribution in [3.05, 3.63) is 28.8 Å². The highest BCUT2D eigenvalue weighted by atomic mass is 16.5. The molecule has 1 heterocycles. The summed E-state index contributed by atoms with van der Waals surface area (Å²) in [4.78, 5) is 2.44. The van der Waals surface area contributed by atoms with Crippen LogP contribution in [0.1, 0.15) is 42.1 Å². The summed E-state index contributed by atoms with van der Waals surface area (Å²) in [5.74, 6) is 0.896. The van der Waals surface area contributed by atoms with Gasteiger partial charge in [-0.05, 0) is 75.0 Å². The van der Waals surface area contributed by atoms with Crippen molar-refractivity contribution in [1.82, 2.24) is 4.90 Å². The molecule has 1 aromatic rings. The van der Waals surface area contributed by atoms with Crippen LogP contribution < -0.4 is 4.74 Å². The van der Waals surface area contributed by atoms with Crippen LogP contribution >= 0.6 is 0 Å². The van der Waals surface area contributed by atoms with E-state index in [9.17, 15) is 5.11 Å². The van der Waals surface area contributed by atoms with E-state index < -0.39 is 0 Å². The number of hydrogen-bond donors (Lipinski definition) is 1. The minimum Gasteiger partial charge on any atom is -0.496 e. The third-order valence-electron chi connectivity index (χ3n) is 4.06. The number of methoxy groups -OCH3 is 1. The molecule has 19 heavy (non-hydrogen) atoms. The van der Waals surface area contributed by atoms with E-state index in [4.69, 9.17) is 4.74 Å². The average molecular weight is 263 g/mol. The highest BCUT2D eigenvalue weighted by Crippen LogP contribution is 2.28. The predicted molar refractivity (Wildman–Crippen MR) is 77.7 cm³/mol. The van der Waals surface area contributed by atoms with Gasteiger partial charge in [0.05, 0.1) is 13.2 Å². The summed E-state index contributed by atoms with van der Waals surface area (Å²) in [5, 5.41) is 10.4. The second kappa shape index (κ2) is 6.40. The molecule has 1 saturated heterocycles. The molecule has 0 radical (unpaired) electrons. The molecule has 0 spiro atoms. The van der Waals surface area contributed by atoms with Gasteiger partial charge in [-0.25, -0.2) is 0 Å². The van der Waals surface area contributed by atoms with Gasteiger partial charge in [-0.1, -0.05) is 0 Å². The number of ether oxygens (including phenoxy) is 1. The van der Waals surface area contributed by atoms with Crippen LogP contribution in [-0.2, 0) is 0 Å². The van der Waals surface area contributed by atoms with Gasteiger partial charge >= 0.3 is 0 Å². The molecular formula is C16H25NO2. The molecular weight excluding hydrogens is 238 g/mol. The number of aliphatic hydroxyl groups is 1. The van der Waals surface area contributed by atoms with E-state index in [0.717, 1.165) is 35.4 Å². The lowest BCUT2D eigenvalue weighted by Gasteiger charge is -2.20. The fourth-order valence-electron chi connectivity index (χ4n) is 2.86. The SMILES string of the molecule is COc1cc(C)c(C(O)CCN2CCCC2)cc1C. The number of aryl methyl sites for hydroxylation is 2. The first-order valence-electron chi connectivity index (χ1n) is 7.17. The fraction of sp³-hybridized carbons (Fsp3) is 0.625. The van der Waals surface area contributed by atoms with Gasteiger partial charge in [0.15, 0.2) is 0 Å². The van der Waals surface area contributed by atoms with Crippen LogP contribution in [0.25, 0.3) is 0 Å². The fourth-order valence-corrected chi connectivity index (χ4v) is 2.86. The van der Waals surface area contributed by atoms with E-state index in [0.29, 0.717) is 0 Å². The van der Waals surface area contributed by atoms with Crippen molar-refractivity contribution >= 4 is 0 Å². The Kier molecular flexibility index (Phi) is 4.83. The maximum absolute atomic E-state index is 10.4. The van der Waals surface area contributed by atoms with Gasteiger partial charge in [-0.15, -0.1) is 0 Å². The molecule has 3 heteroatoms. The van der Waals surface area contributed by atoms with E-state index >= 15 is 0 Å². The van der Waals surface area contributed by atoms with E-state index in [1.54, 1.807) is 7.11 Å². The first kappa shape index (κ1) is 14.4. The molecule has 1 aliphatic rings. The first-order chi connectivity index (χ1) is 9.11. The zero-order valence-corrected chi connectivity index (χ0v) is 12.3. The third-order valence-corrected chi connectivity index (χ3v) is 4.06. The van der Waals surface area contributed by atoms with Crippen LogP contribution in [0, 0.1) is 13.8 Å². The van der Waals surface area contributed by atoms with Crippen LogP contribution in [0.2, 0.25) is 0 Å². The van der Waals surface area contributed by atoms with Crippen LogP contribution in [0.15, 0.2) is 12.1 Å². The summed E-state index contributed by atoms with van der Waals surface area (Å²) in [6, 6.07) is 4.08. The lowest BCUT2D eigenvalue weighted by molar-refractivity contribution is 0.148. The van der Waals surface area contributed by atoms with Crippen LogP contribution in [0.5, 0.6) is 5.75 Å². The topological polar surface area (TPSA) is 32.7 Å². The zero-order chi connectivity index (χ0) is 13.8. The Balaban J connectivity index is 2.01. The Bertz CT molecular complexity index is 425. The number of likely N-dealkylation sites (tertiary alicyclic amines) is 1. The van der Waals surface area contributed by atoms with Gasteiger partial charge < -0.3 is 14.7 Å². The Labute approximate surface area is 116 Å². The second-order valence-electron chi connectivity index (χ2n) is 5.53. The summed E-state index contributed by atoms with van der Waals surface area (Å²) in [7, 11) is 1.69. The van der Waals surface area contributed by atoms with E-state index in [2.05, 4.69) is 11.0 Å². The van der Waals surface area contributed by atoms with Crippen molar-refractivity contribution in [2.45, 2.75) is 39.2 Å². The largest absolute Gasteiger partial charge is 0.496 e. The van der Waals surface area contributed by atoms with E-state index in [1.807, 2.05) is 19.9 Å². The first-order valence-corrected chi connectivity index (χ1v) is 7.17. The van der Waals surface area contributed by atoms with Crippen LogP contribution in [0.4, 0.5) is 0 Å². The van der Waals surface area contributed by atoms with Crippen molar-refractivity contribution in [1.29, 1.82) is 0 Å². The lowest BCUT2D eigenvalue weighted by atomic mass is 9.98. The molecule has 1 aliphatic heterocycles. The van der Waals surface area contributed by atoms with Gasteiger partial charge in [-0.3, -0.25) is 0 Å². The molecule has 1 fully saturated rings. The van der Waals surface area contributed by atoms with Gasteiger partial charge in [0, 0.05) is 6.54 Å². The Morgan fingerprint density at radius 2 is 1.89 bits per heavy atom. The number of aliphatic hydroxyl groups excluding tert-OH is 1. The number of hydrogen-bond acceptors (Lipinski definition) is 3. The van der Waals surface area contributed by atoms with Crippen molar-refractivity contribution in [3.63, 3.8) is 0 Å². The molecule has 0 saturated carbocycles. The maximum atomic E-state index is 10.4. The standard InChI is InChI=1S/C16H25NO2/c1-12-11-16(19-3)13(2)10-14(12)15(18)6-9-17-7-4-5-8-17/h10-11,15,18H,4-9H2,1-3H3. The number of rotatable bonds is 5. The maximum Gasteiger partial charge on any atom is 0.122 e. The molecule has 0 aromatic heterocycles. The molecule has 1 N–H and O–H groups in total. The van der Waals surface area contributed by atoms with E-state index in [-0.39, 0.29) is 6.10 Å². The Morgan fingerprint density at radius 3 is 2.53 bits per heavy atom. The van der Waals surface area contributed by atoms with Gasteiger partial charge in [0.2, 0.25) is 0 Å². The molecule has 2 rings (SSSR count). The monoisotopic (exact) mass is 263 g/mol. The predicted octanol–water partition coefficient (Wildman–Crippen LogP) is 2.83. The highest BCUT2D eigenvalue weighted by Gasteiger charge is 2.16. The summed E-state index contributed by atoms with van der Waals surface area (Å²) in [6.45, 7) is 7.43. The van der Waals surface area contributed by atoms with E-state index in [1.165, 1.54) is 25.9 Å². The van der Waals surface area contributed by atoms with Gasteiger partial charge in [-0.2, -0.15) is 0 Å². The molecule has 3 nitrogen and oxygen atoms in total. The van der Waals surface area contributed by atoms with Gasteiger partial charge in [0.1, 0.15) is 5.75 Å². The molecule has 1 atom stereocenters. The summed E-state index contributed by atoms with van der Waals surface area (Å²) in [5.41, 5.74) is 3.23. The second-order valence-corrected chi connectivity index (χ2v) is 5.53. The highest BCUT2D eigenvalue weighted by molar-refractivity contribution is 5.42. The van der Waals surface area contributed by atoms with Crippen molar-refractivity contribution in [2.75, 3.05) is 26.7 Å². The van der Waals surface area contributed by atoms with Crippen LogP contribution in [-0.4, -0.2) is 36.8 Å². The average Bonchev–Trinajstić information content (AvgIpc) is 2.91. The molecule has 0 aliphatic carbocycles. The number of nitrogens with zero attached hydrogens (tertiary/aromatic N) is 1. The quantitative estimate of drug-likeness (QED) is 0.886. The molecule has 106 valence electrons. The minimum atomic E-state index is -0.370. The Morgan fingerprint density at radius 1 is 1.21 bits per heavy atom. The van der Waals surface area contributed by atoms with Gasteiger partial charge in [0.25, 0.3) is 0 Å². The van der Waals surface area contributed by atoms with Crippen molar-refractivity contribution < 1.29 is 9.84 Å². The Hall–Kier alpha value is -1.06. The minimum absolute atomic E-state index is 0.370. The molecule has 0 amide bonds. The smallest absolute Gasteiger partial charge is 0.122 e. The lowest BCUT2D eigenvalue weighted by Crippen LogP contribution is -2.22. The summed E-state index contributed by atoms with van der Waals surface area (Å²) >= 11 is 0. The number of benzene rings is 1. The van der Waals surface area contributed by atoms with Crippen molar-refractivity contribution in [3.8, 4) is 5.75 Å². The van der Waals surface area contributed by atoms with Crippen LogP contribution in [0.3, 0.4) is 0 Å². The molecule has 1 unspecified atom stereocenters.